The van der Waals surface area contributed by atoms with E-state index >= 15 is 0 Å². The van der Waals surface area contributed by atoms with E-state index < -0.39 is 5.60 Å². The smallest absolute Gasteiger partial charge is 0.209 e. The fourth-order valence-corrected chi connectivity index (χ4v) is 1.84. The molecule has 1 heterocycles. The minimum Gasteiger partial charge on any atom is -0.390 e. The first-order valence-electron chi connectivity index (χ1n) is 4.06. The first-order chi connectivity index (χ1) is 5.99. The SMILES string of the molecule is Cn1nnnc1SCCC(C)(C)O. The largest absolute Gasteiger partial charge is 0.390 e. The van der Waals surface area contributed by atoms with Gasteiger partial charge in [0.05, 0.1) is 5.60 Å². The van der Waals surface area contributed by atoms with Crippen LogP contribution in [0.15, 0.2) is 5.16 Å². The van der Waals surface area contributed by atoms with Gasteiger partial charge in [-0.2, -0.15) is 0 Å². The topological polar surface area (TPSA) is 63.8 Å². The molecule has 0 aliphatic rings. The van der Waals surface area contributed by atoms with Gasteiger partial charge in [0.1, 0.15) is 0 Å². The van der Waals surface area contributed by atoms with E-state index in [-0.39, 0.29) is 0 Å². The number of hydrogen-bond donors (Lipinski definition) is 1. The third-order valence-electron chi connectivity index (χ3n) is 1.53. The monoisotopic (exact) mass is 202 g/mol. The summed E-state index contributed by atoms with van der Waals surface area (Å²) in [6.45, 7) is 3.59. The van der Waals surface area contributed by atoms with Crippen LogP contribution in [0.4, 0.5) is 0 Å². The highest BCUT2D eigenvalue weighted by molar-refractivity contribution is 7.99. The Hall–Kier alpha value is -0.620. The van der Waals surface area contributed by atoms with Crippen molar-refractivity contribution in [3.63, 3.8) is 0 Å². The van der Waals surface area contributed by atoms with Gasteiger partial charge in [-0.15, -0.1) is 5.10 Å². The first-order valence-corrected chi connectivity index (χ1v) is 5.05. The highest BCUT2D eigenvalue weighted by atomic mass is 32.2. The van der Waals surface area contributed by atoms with E-state index in [1.165, 1.54) is 0 Å². The standard InChI is InChI=1S/C7H14N4OS/c1-7(2,12)4-5-13-6-8-9-10-11(6)3/h12H,4-5H2,1-3H3. The highest BCUT2D eigenvalue weighted by Crippen LogP contribution is 2.18. The third-order valence-corrected chi connectivity index (χ3v) is 2.54. The lowest BCUT2D eigenvalue weighted by atomic mass is 10.1. The molecule has 1 N–H and O–H groups in total. The molecule has 0 spiro atoms. The molecule has 0 unspecified atom stereocenters. The van der Waals surface area contributed by atoms with Crippen molar-refractivity contribution in [3.05, 3.63) is 0 Å². The summed E-state index contributed by atoms with van der Waals surface area (Å²) >= 11 is 1.55. The summed E-state index contributed by atoms with van der Waals surface area (Å²) in [5.41, 5.74) is -0.612. The van der Waals surface area contributed by atoms with Crippen LogP contribution in [0.2, 0.25) is 0 Å². The lowest BCUT2D eigenvalue weighted by Crippen LogP contribution is -2.19. The van der Waals surface area contributed by atoms with Gasteiger partial charge in [-0.25, -0.2) is 4.68 Å². The molecule has 0 aliphatic carbocycles. The molecule has 1 aromatic heterocycles. The summed E-state index contributed by atoms with van der Waals surface area (Å²) in [4.78, 5) is 0. The predicted octanol–water partition coefficient (Wildman–Crippen LogP) is 0.463. The predicted molar refractivity (Wildman–Crippen MR) is 50.4 cm³/mol. The van der Waals surface area contributed by atoms with Crippen LogP contribution < -0.4 is 0 Å². The van der Waals surface area contributed by atoms with Gasteiger partial charge in [0.15, 0.2) is 0 Å². The fourth-order valence-electron chi connectivity index (χ4n) is 0.736. The summed E-state index contributed by atoms with van der Waals surface area (Å²) < 4.78 is 1.62. The van der Waals surface area contributed by atoms with Crippen molar-refractivity contribution in [2.75, 3.05) is 5.75 Å². The van der Waals surface area contributed by atoms with Gasteiger partial charge in [0, 0.05) is 12.8 Å². The molecule has 0 fully saturated rings. The highest BCUT2D eigenvalue weighted by Gasteiger charge is 2.12. The Bertz CT molecular complexity index is 268. The van der Waals surface area contributed by atoms with Crippen molar-refractivity contribution in [1.29, 1.82) is 0 Å². The fraction of sp³-hybridized carbons (Fsp3) is 0.857. The molecule has 0 aromatic carbocycles. The minimum absolute atomic E-state index is 0.612. The van der Waals surface area contributed by atoms with E-state index in [0.717, 1.165) is 17.3 Å². The quantitative estimate of drug-likeness (QED) is 0.719. The van der Waals surface area contributed by atoms with Crippen LogP contribution in [-0.4, -0.2) is 36.7 Å². The molecule has 0 saturated carbocycles. The van der Waals surface area contributed by atoms with Crippen molar-refractivity contribution < 1.29 is 5.11 Å². The molecule has 0 saturated heterocycles. The number of hydrogen-bond acceptors (Lipinski definition) is 5. The second-order valence-electron chi connectivity index (χ2n) is 3.50. The Balaban J connectivity index is 2.32. The Morgan fingerprint density at radius 2 is 2.23 bits per heavy atom. The molecule has 13 heavy (non-hydrogen) atoms. The lowest BCUT2D eigenvalue weighted by molar-refractivity contribution is 0.0777. The second kappa shape index (κ2) is 4.06. The number of rotatable bonds is 4. The van der Waals surface area contributed by atoms with Crippen molar-refractivity contribution in [2.24, 2.45) is 7.05 Å². The zero-order chi connectivity index (χ0) is 9.90. The molecule has 1 rings (SSSR count). The third kappa shape index (κ3) is 3.73. The van der Waals surface area contributed by atoms with E-state index in [1.807, 2.05) is 0 Å². The number of aryl methyl sites for hydroxylation is 1. The molecule has 5 nitrogen and oxygen atoms in total. The Morgan fingerprint density at radius 1 is 1.54 bits per heavy atom. The van der Waals surface area contributed by atoms with Gasteiger partial charge in [0.2, 0.25) is 5.16 Å². The number of nitrogens with zero attached hydrogens (tertiary/aromatic N) is 4. The van der Waals surface area contributed by atoms with Crippen LogP contribution in [-0.2, 0) is 7.05 Å². The van der Waals surface area contributed by atoms with Crippen LogP contribution in [0.5, 0.6) is 0 Å². The molecular formula is C7H14N4OS. The van der Waals surface area contributed by atoms with Gasteiger partial charge in [-0.05, 0) is 30.7 Å². The molecule has 74 valence electrons. The van der Waals surface area contributed by atoms with Crippen LogP contribution in [0.25, 0.3) is 0 Å². The van der Waals surface area contributed by atoms with Crippen LogP contribution in [0, 0.1) is 0 Å². The average Bonchev–Trinajstić information content (AvgIpc) is 2.34. The molecule has 0 radical (unpaired) electrons. The van der Waals surface area contributed by atoms with Crippen LogP contribution in [0.1, 0.15) is 20.3 Å². The number of aliphatic hydroxyl groups is 1. The summed E-state index contributed by atoms with van der Waals surface area (Å²) in [5, 5.41) is 21.3. The Labute approximate surface area is 81.5 Å². The Kier molecular flexibility index (Phi) is 3.27. The normalized spacial score (nSPS) is 12.0. The molecule has 0 bridgehead atoms. The van der Waals surface area contributed by atoms with Crippen molar-refractivity contribution in [1.82, 2.24) is 20.2 Å². The van der Waals surface area contributed by atoms with Crippen molar-refractivity contribution in [3.8, 4) is 0 Å². The zero-order valence-electron chi connectivity index (χ0n) is 8.06. The summed E-state index contributed by atoms with van der Waals surface area (Å²) in [6.07, 6.45) is 0.727. The van der Waals surface area contributed by atoms with E-state index in [9.17, 15) is 5.11 Å². The minimum atomic E-state index is -0.612. The van der Waals surface area contributed by atoms with Gasteiger partial charge in [-0.3, -0.25) is 0 Å². The van der Waals surface area contributed by atoms with Gasteiger partial charge < -0.3 is 5.11 Å². The maximum Gasteiger partial charge on any atom is 0.209 e. The van der Waals surface area contributed by atoms with Gasteiger partial charge in [0.25, 0.3) is 0 Å². The van der Waals surface area contributed by atoms with Gasteiger partial charge >= 0.3 is 0 Å². The Morgan fingerprint density at radius 3 is 2.69 bits per heavy atom. The van der Waals surface area contributed by atoms with Crippen LogP contribution in [0.3, 0.4) is 0 Å². The van der Waals surface area contributed by atoms with Crippen molar-refractivity contribution >= 4 is 11.8 Å². The summed E-state index contributed by atoms with van der Waals surface area (Å²) in [6, 6.07) is 0. The van der Waals surface area contributed by atoms with Crippen molar-refractivity contribution in [2.45, 2.75) is 31.0 Å². The van der Waals surface area contributed by atoms with Gasteiger partial charge in [-0.1, -0.05) is 11.8 Å². The number of tetrazole rings is 1. The molecule has 1 aromatic rings. The molecule has 0 aliphatic heterocycles. The second-order valence-corrected chi connectivity index (χ2v) is 4.56. The van der Waals surface area contributed by atoms with E-state index in [0.29, 0.717) is 0 Å². The molecular weight excluding hydrogens is 188 g/mol. The lowest BCUT2D eigenvalue weighted by Gasteiger charge is -2.15. The number of aromatic nitrogens is 4. The zero-order valence-corrected chi connectivity index (χ0v) is 8.88. The summed E-state index contributed by atoms with van der Waals surface area (Å²) in [5.74, 6) is 0.817. The molecule has 0 atom stereocenters. The summed E-state index contributed by atoms with van der Waals surface area (Å²) in [7, 11) is 1.80. The van der Waals surface area contributed by atoms with E-state index in [4.69, 9.17) is 0 Å². The first kappa shape index (κ1) is 10.5. The molecule has 6 heteroatoms. The van der Waals surface area contributed by atoms with E-state index in [1.54, 1.807) is 37.3 Å². The molecule has 0 amide bonds. The number of thioether (sulfide) groups is 1. The van der Waals surface area contributed by atoms with Crippen LogP contribution >= 0.6 is 11.8 Å². The maximum atomic E-state index is 9.44. The average molecular weight is 202 g/mol. The maximum absolute atomic E-state index is 9.44. The van der Waals surface area contributed by atoms with E-state index in [2.05, 4.69) is 15.5 Å².